The zero-order valence-electron chi connectivity index (χ0n) is 19.6. The fourth-order valence-corrected chi connectivity index (χ4v) is 5.98. The van der Waals surface area contributed by atoms with Gasteiger partial charge in [0.25, 0.3) is 10.0 Å². The maximum absolute atomic E-state index is 13.7. The molecule has 0 radical (unpaired) electrons. The lowest BCUT2D eigenvalue weighted by molar-refractivity contribution is -0.119. The second-order valence-corrected chi connectivity index (χ2v) is 11.4. The molecule has 0 spiro atoms. The Labute approximate surface area is 215 Å². The van der Waals surface area contributed by atoms with E-state index >= 15 is 0 Å². The third-order valence-electron chi connectivity index (χ3n) is 5.41. The molecule has 9 heteroatoms. The van der Waals surface area contributed by atoms with Gasteiger partial charge in [0.05, 0.1) is 10.6 Å². The molecular formula is C26H28ClFN2O3S2. The van der Waals surface area contributed by atoms with Gasteiger partial charge in [-0.05, 0) is 67.5 Å². The predicted octanol–water partition coefficient (Wildman–Crippen LogP) is 5.73. The third-order valence-corrected chi connectivity index (χ3v) is 8.68. The van der Waals surface area contributed by atoms with E-state index in [-0.39, 0.29) is 17.3 Å². The molecule has 1 amide bonds. The molecule has 1 N–H and O–H groups in total. The van der Waals surface area contributed by atoms with E-state index in [0.29, 0.717) is 40.6 Å². The number of anilines is 1. The van der Waals surface area contributed by atoms with Crippen molar-refractivity contribution in [2.24, 2.45) is 0 Å². The number of nitrogens with zero attached hydrogens (tertiary/aromatic N) is 1. The molecule has 186 valence electrons. The number of hydrogen-bond donors (Lipinski definition) is 1. The molecule has 0 saturated heterocycles. The Morgan fingerprint density at radius 2 is 1.74 bits per heavy atom. The average Bonchev–Trinajstić information content (AvgIpc) is 2.83. The molecular weight excluding hydrogens is 507 g/mol. The second-order valence-electron chi connectivity index (χ2n) is 8.06. The number of carbonyl (C=O) groups is 1. The molecule has 3 rings (SSSR count). The van der Waals surface area contributed by atoms with Crippen LogP contribution < -0.4 is 9.62 Å². The summed E-state index contributed by atoms with van der Waals surface area (Å²) in [5.74, 6) is 0.642. The maximum atomic E-state index is 13.7. The summed E-state index contributed by atoms with van der Waals surface area (Å²) in [6.07, 6.45) is 0.672. The molecule has 3 aromatic carbocycles. The standard InChI is InChI=1S/C26H28ClFN2O3S2/c1-19-11-13-22(14-12-19)35(32,33)30(25-10-5-8-23(27)20(25)2)17-26(31)29-15-6-16-34-18-21-7-3-4-9-24(21)28/h3-5,7-14H,6,15-18H2,1-2H3,(H,29,31). The SMILES string of the molecule is Cc1ccc(S(=O)(=O)N(CC(=O)NCCCSCc2ccccc2F)c2cccc(Cl)c2C)cc1. The Kier molecular flexibility index (Phi) is 9.60. The zero-order valence-corrected chi connectivity index (χ0v) is 22.0. The van der Waals surface area contributed by atoms with Gasteiger partial charge in [0, 0.05) is 17.3 Å². The summed E-state index contributed by atoms with van der Waals surface area (Å²) in [5, 5.41) is 3.21. The Morgan fingerprint density at radius 1 is 1.03 bits per heavy atom. The summed E-state index contributed by atoms with van der Waals surface area (Å²) >= 11 is 7.83. The van der Waals surface area contributed by atoms with Crippen LogP contribution in [0.5, 0.6) is 0 Å². The Balaban J connectivity index is 1.64. The Hall–Kier alpha value is -2.55. The largest absolute Gasteiger partial charge is 0.354 e. The van der Waals surface area contributed by atoms with Crippen LogP contribution in [0.2, 0.25) is 5.02 Å². The minimum atomic E-state index is -4.00. The molecule has 5 nitrogen and oxygen atoms in total. The van der Waals surface area contributed by atoms with Crippen molar-refractivity contribution in [1.82, 2.24) is 5.32 Å². The third kappa shape index (κ3) is 7.22. The highest BCUT2D eigenvalue weighted by atomic mass is 35.5. The molecule has 0 aliphatic rings. The number of hydrogen-bond acceptors (Lipinski definition) is 4. The van der Waals surface area contributed by atoms with E-state index in [1.807, 2.05) is 6.92 Å². The summed E-state index contributed by atoms with van der Waals surface area (Å²) in [4.78, 5) is 12.8. The highest BCUT2D eigenvalue weighted by Crippen LogP contribution is 2.30. The van der Waals surface area contributed by atoms with E-state index in [1.165, 1.54) is 18.2 Å². The van der Waals surface area contributed by atoms with E-state index in [9.17, 15) is 17.6 Å². The van der Waals surface area contributed by atoms with Gasteiger partial charge in [-0.2, -0.15) is 11.8 Å². The molecule has 0 aliphatic carbocycles. The van der Waals surface area contributed by atoms with Gasteiger partial charge in [0.15, 0.2) is 0 Å². The first-order chi connectivity index (χ1) is 16.7. The van der Waals surface area contributed by atoms with Gasteiger partial charge < -0.3 is 5.32 Å². The van der Waals surface area contributed by atoms with E-state index in [0.717, 1.165) is 15.6 Å². The molecule has 0 bridgehead atoms. The van der Waals surface area contributed by atoms with Crippen LogP contribution in [0.15, 0.2) is 71.6 Å². The van der Waals surface area contributed by atoms with Crippen molar-refractivity contribution in [2.75, 3.05) is 23.1 Å². The number of aryl methyl sites for hydroxylation is 1. The van der Waals surface area contributed by atoms with Gasteiger partial charge >= 0.3 is 0 Å². The number of rotatable bonds is 11. The predicted molar refractivity (Wildman–Crippen MR) is 142 cm³/mol. The van der Waals surface area contributed by atoms with Gasteiger partial charge in [-0.1, -0.05) is 53.6 Å². The quantitative estimate of drug-likeness (QED) is 0.319. The van der Waals surface area contributed by atoms with Crippen LogP contribution >= 0.6 is 23.4 Å². The Morgan fingerprint density at radius 3 is 2.46 bits per heavy atom. The maximum Gasteiger partial charge on any atom is 0.264 e. The molecule has 3 aromatic rings. The summed E-state index contributed by atoms with van der Waals surface area (Å²) in [6.45, 7) is 3.60. The molecule has 0 atom stereocenters. The smallest absolute Gasteiger partial charge is 0.264 e. The lowest BCUT2D eigenvalue weighted by atomic mass is 10.2. The van der Waals surface area contributed by atoms with Crippen molar-refractivity contribution in [3.05, 3.63) is 94.3 Å². The van der Waals surface area contributed by atoms with Crippen LogP contribution in [0, 0.1) is 19.7 Å². The fraction of sp³-hybridized carbons (Fsp3) is 0.269. The normalized spacial score (nSPS) is 11.3. The van der Waals surface area contributed by atoms with Crippen LogP contribution in [0.3, 0.4) is 0 Å². The number of thioether (sulfide) groups is 1. The number of sulfonamides is 1. The lowest BCUT2D eigenvalue weighted by Gasteiger charge is -2.26. The topological polar surface area (TPSA) is 66.5 Å². The first-order valence-electron chi connectivity index (χ1n) is 11.1. The first-order valence-corrected chi connectivity index (χ1v) is 14.1. The molecule has 0 saturated carbocycles. The van der Waals surface area contributed by atoms with Gasteiger partial charge in [-0.25, -0.2) is 12.8 Å². The summed E-state index contributed by atoms with van der Waals surface area (Å²) in [7, 11) is -4.00. The van der Waals surface area contributed by atoms with Crippen LogP contribution in [0.4, 0.5) is 10.1 Å². The van der Waals surface area contributed by atoms with Gasteiger partial charge in [0.2, 0.25) is 5.91 Å². The molecule has 0 heterocycles. The fourth-order valence-electron chi connectivity index (χ4n) is 3.39. The molecule has 35 heavy (non-hydrogen) atoms. The van der Waals surface area contributed by atoms with E-state index < -0.39 is 15.9 Å². The minimum absolute atomic E-state index is 0.0971. The van der Waals surface area contributed by atoms with E-state index in [2.05, 4.69) is 5.32 Å². The highest BCUT2D eigenvalue weighted by Gasteiger charge is 2.28. The van der Waals surface area contributed by atoms with Crippen LogP contribution in [0.25, 0.3) is 0 Å². The van der Waals surface area contributed by atoms with Crippen molar-refractivity contribution in [3.63, 3.8) is 0 Å². The number of nitrogens with one attached hydrogen (secondary N) is 1. The van der Waals surface area contributed by atoms with Crippen molar-refractivity contribution < 1.29 is 17.6 Å². The number of benzene rings is 3. The molecule has 0 aromatic heterocycles. The van der Waals surface area contributed by atoms with Crippen LogP contribution in [-0.4, -0.2) is 33.2 Å². The summed E-state index contributed by atoms with van der Waals surface area (Å²) < 4.78 is 41.8. The van der Waals surface area contributed by atoms with Crippen molar-refractivity contribution >= 4 is 45.0 Å². The zero-order chi connectivity index (χ0) is 25.4. The average molecular weight is 535 g/mol. The number of halogens is 2. The van der Waals surface area contributed by atoms with Gasteiger partial charge in [0.1, 0.15) is 12.4 Å². The lowest BCUT2D eigenvalue weighted by Crippen LogP contribution is -2.41. The first kappa shape index (κ1) is 27.0. The molecule has 0 aliphatic heterocycles. The molecule has 0 fully saturated rings. The van der Waals surface area contributed by atoms with Gasteiger partial charge in [-0.3, -0.25) is 9.10 Å². The van der Waals surface area contributed by atoms with E-state index in [1.54, 1.807) is 67.2 Å². The highest BCUT2D eigenvalue weighted by molar-refractivity contribution is 7.98. The van der Waals surface area contributed by atoms with E-state index in [4.69, 9.17) is 11.6 Å². The number of carbonyl (C=O) groups excluding carboxylic acids is 1. The van der Waals surface area contributed by atoms with Gasteiger partial charge in [-0.15, -0.1) is 0 Å². The number of amides is 1. The summed E-state index contributed by atoms with van der Waals surface area (Å²) in [5.41, 5.74) is 2.51. The summed E-state index contributed by atoms with van der Waals surface area (Å²) in [6, 6.07) is 18.1. The minimum Gasteiger partial charge on any atom is -0.354 e. The van der Waals surface area contributed by atoms with Crippen molar-refractivity contribution in [1.29, 1.82) is 0 Å². The Bertz CT molecular complexity index is 1270. The second kappa shape index (κ2) is 12.4. The van der Waals surface area contributed by atoms with Crippen molar-refractivity contribution in [2.45, 2.75) is 30.9 Å². The van der Waals surface area contributed by atoms with Crippen LogP contribution in [0.1, 0.15) is 23.1 Å². The monoisotopic (exact) mass is 534 g/mol. The molecule has 0 unspecified atom stereocenters. The van der Waals surface area contributed by atoms with Crippen molar-refractivity contribution in [3.8, 4) is 0 Å². The van der Waals surface area contributed by atoms with Crippen LogP contribution in [-0.2, 0) is 20.6 Å².